The predicted octanol–water partition coefficient (Wildman–Crippen LogP) is 3.31. The normalized spacial score (nSPS) is 9.57. The average Bonchev–Trinajstić information content (AvgIpc) is 2.25. The summed E-state index contributed by atoms with van der Waals surface area (Å²) in [6.07, 6.45) is 6.89. The van der Waals surface area contributed by atoms with E-state index in [0.717, 1.165) is 11.3 Å². The molecular weight excluding hydrogens is 193 g/mol. The topological polar surface area (TPSA) is 35.2 Å². The second kappa shape index (κ2) is 8.33. The van der Waals surface area contributed by atoms with Crippen LogP contribution in [-0.2, 0) is 0 Å². The Kier molecular flexibility index (Phi) is 7.58. The van der Waals surface area contributed by atoms with E-state index in [2.05, 4.69) is 6.30 Å². The summed E-state index contributed by atoms with van der Waals surface area (Å²) in [7, 11) is 0.661. The Morgan fingerprint density at radius 3 is 2.29 bits per heavy atom. The van der Waals surface area contributed by atoms with Crippen molar-refractivity contribution >= 4 is 20.8 Å². The van der Waals surface area contributed by atoms with Crippen LogP contribution in [0.25, 0.3) is 6.08 Å². The Bertz CT molecular complexity index is 280. The first-order chi connectivity index (χ1) is 6.86. The first-order valence-electron chi connectivity index (χ1n) is 4.48. The highest BCUT2D eigenvalue weighted by Crippen LogP contribution is 2.15. The van der Waals surface area contributed by atoms with Gasteiger partial charge in [0, 0.05) is 0 Å². The Hall–Kier alpha value is -1.27. The van der Waals surface area contributed by atoms with Crippen LogP contribution in [0.5, 0.6) is 5.75 Å². The molecule has 0 aliphatic rings. The maximum Gasteiger partial charge on any atom is 0.131 e. The van der Waals surface area contributed by atoms with Crippen LogP contribution in [0.1, 0.15) is 19.4 Å². The summed E-state index contributed by atoms with van der Waals surface area (Å²) in [6, 6.07) is 7.63. The molecule has 1 rings (SSSR count). The van der Waals surface area contributed by atoms with Gasteiger partial charge in [-0.15, -0.1) is 0 Å². The zero-order chi connectivity index (χ0) is 10.8. The van der Waals surface area contributed by atoms with Crippen LogP contribution < -0.4 is 10.3 Å². The molecule has 1 aromatic rings. The van der Waals surface area contributed by atoms with Crippen LogP contribution >= 0.6 is 8.43 Å². The van der Waals surface area contributed by atoms with E-state index in [0.29, 0.717) is 8.43 Å². The van der Waals surface area contributed by atoms with Crippen molar-refractivity contribution < 1.29 is 4.52 Å². The minimum atomic E-state index is 0.661. The van der Waals surface area contributed by atoms with Gasteiger partial charge in [0.15, 0.2) is 0 Å². The van der Waals surface area contributed by atoms with Gasteiger partial charge in [0.25, 0.3) is 0 Å². The van der Waals surface area contributed by atoms with Crippen LogP contribution in [0.3, 0.4) is 0 Å². The lowest BCUT2D eigenvalue weighted by Gasteiger charge is -1.97. The first kappa shape index (κ1) is 12.7. The molecule has 1 aromatic carbocycles. The second-order valence-corrected chi connectivity index (χ2v) is 2.59. The molecule has 0 saturated heterocycles. The van der Waals surface area contributed by atoms with E-state index >= 15 is 0 Å². The molecule has 0 fully saturated rings. The molecule has 2 N–H and O–H groups in total. The van der Waals surface area contributed by atoms with Crippen molar-refractivity contribution in [2.24, 2.45) is 5.73 Å². The first-order valence-corrected chi connectivity index (χ1v) is 5.48. The van der Waals surface area contributed by atoms with Gasteiger partial charge in [-0.25, -0.2) is 0 Å². The molecule has 0 bridgehead atoms. The van der Waals surface area contributed by atoms with Crippen LogP contribution in [0.4, 0.5) is 0 Å². The van der Waals surface area contributed by atoms with Gasteiger partial charge in [0.1, 0.15) is 14.2 Å². The van der Waals surface area contributed by atoms with E-state index in [-0.39, 0.29) is 0 Å². The Morgan fingerprint density at radius 2 is 1.86 bits per heavy atom. The summed E-state index contributed by atoms with van der Waals surface area (Å²) in [5, 5.41) is 0. The SMILES string of the molecule is C=POc1ccc(/C=C/N)cc1.CC. The van der Waals surface area contributed by atoms with Gasteiger partial charge in [0.05, 0.1) is 0 Å². The summed E-state index contributed by atoms with van der Waals surface area (Å²) in [6.45, 7) is 4.00. The quantitative estimate of drug-likeness (QED) is 0.775. The third-order valence-corrected chi connectivity index (χ3v) is 1.68. The molecule has 0 amide bonds. The average molecular weight is 209 g/mol. The number of benzene rings is 1. The van der Waals surface area contributed by atoms with Crippen LogP contribution in [0.15, 0.2) is 30.5 Å². The molecule has 0 aliphatic heterocycles. The fourth-order valence-corrected chi connectivity index (χ4v) is 1.10. The van der Waals surface area contributed by atoms with Crippen molar-refractivity contribution in [3.63, 3.8) is 0 Å². The summed E-state index contributed by atoms with van der Waals surface area (Å²) < 4.78 is 5.14. The van der Waals surface area contributed by atoms with E-state index in [9.17, 15) is 0 Å². The van der Waals surface area contributed by atoms with Gasteiger partial charge in [0.2, 0.25) is 0 Å². The number of nitrogens with two attached hydrogens (primary N) is 1. The lowest BCUT2D eigenvalue weighted by molar-refractivity contribution is 0.644. The van der Waals surface area contributed by atoms with Crippen LogP contribution in [-0.4, -0.2) is 6.30 Å². The molecule has 0 heterocycles. The van der Waals surface area contributed by atoms with Gasteiger partial charge < -0.3 is 10.3 Å². The minimum absolute atomic E-state index is 0.661. The molecule has 76 valence electrons. The third kappa shape index (κ3) is 4.68. The molecule has 0 unspecified atom stereocenters. The molecule has 14 heavy (non-hydrogen) atoms. The Morgan fingerprint density at radius 1 is 1.29 bits per heavy atom. The second-order valence-electron chi connectivity index (χ2n) is 2.15. The van der Waals surface area contributed by atoms with Gasteiger partial charge in [-0.2, -0.15) is 0 Å². The van der Waals surface area contributed by atoms with Crippen molar-refractivity contribution in [3.05, 3.63) is 36.0 Å². The number of hydrogen-bond acceptors (Lipinski definition) is 2. The summed E-state index contributed by atoms with van der Waals surface area (Å²) in [5.41, 5.74) is 6.29. The predicted molar refractivity (Wildman–Crippen MR) is 65.7 cm³/mol. The standard InChI is InChI=1S/C9H10NOP.C2H6/c1-12-11-9-4-2-8(3-5-9)6-7-10;1-2/h2-7H,1,10H2;1-2H3/b7-6+;. The van der Waals surface area contributed by atoms with E-state index < -0.39 is 0 Å². The monoisotopic (exact) mass is 209 g/mol. The number of hydrogen-bond donors (Lipinski definition) is 1. The smallest absolute Gasteiger partial charge is 0.131 e. The highest BCUT2D eigenvalue weighted by atomic mass is 31.1. The fourth-order valence-electron chi connectivity index (χ4n) is 0.825. The largest absolute Gasteiger partial charge is 0.440 e. The Balaban J connectivity index is 0.000000791. The van der Waals surface area contributed by atoms with E-state index in [1.807, 2.05) is 44.2 Å². The van der Waals surface area contributed by atoms with Crippen molar-refractivity contribution in [2.45, 2.75) is 13.8 Å². The van der Waals surface area contributed by atoms with Gasteiger partial charge in [-0.1, -0.05) is 26.0 Å². The van der Waals surface area contributed by atoms with Gasteiger partial charge in [-0.3, -0.25) is 0 Å². The highest BCUT2D eigenvalue weighted by Gasteiger charge is 1.89. The summed E-state index contributed by atoms with van der Waals surface area (Å²) >= 11 is 0. The number of rotatable bonds is 3. The molecule has 0 aliphatic carbocycles. The maximum atomic E-state index is 5.23. The lowest BCUT2D eigenvalue weighted by atomic mass is 10.2. The van der Waals surface area contributed by atoms with E-state index in [1.165, 1.54) is 6.20 Å². The van der Waals surface area contributed by atoms with Gasteiger partial charge in [-0.05, 0) is 36.3 Å². The maximum absolute atomic E-state index is 5.23. The highest BCUT2D eigenvalue weighted by molar-refractivity contribution is 7.31. The molecule has 2 nitrogen and oxygen atoms in total. The van der Waals surface area contributed by atoms with Crippen molar-refractivity contribution in [2.75, 3.05) is 0 Å². The van der Waals surface area contributed by atoms with Crippen LogP contribution in [0.2, 0.25) is 0 Å². The summed E-state index contributed by atoms with van der Waals surface area (Å²) in [4.78, 5) is 0. The van der Waals surface area contributed by atoms with Crippen molar-refractivity contribution in [1.82, 2.24) is 0 Å². The van der Waals surface area contributed by atoms with Crippen LogP contribution in [0, 0.1) is 0 Å². The van der Waals surface area contributed by atoms with Gasteiger partial charge >= 0.3 is 0 Å². The lowest BCUT2D eigenvalue weighted by Crippen LogP contribution is -1.78. The molecular formula is C11H16NOP. The Labute approximate surface area is 87.3 Å². The zero-order valence-electron chi connectivity index (χ0n) is 8.60. The summed E-state index contributed by atoms with van der Waals surface area (Å²) in [5.74, 6) is 0.820. The molecule has 0 aromatic heterocycles. The molecule has 0 atom stereocenters. The molecule has 0 radical (unpaired) electrons. The zero-order valence-corrected chi connectivity index (χ0v) is 9.50. The molecule has 0 spiro atoms. The third-order valence-electron chi connectivity index (χ3n) is 1.34. The minimum Gasteiger partial charge on any atom is -0.440 e. The fraction of sp³-hybridized carbons (Fsp3) is 0.182. The molecule has 3 heteroatoms. The van der Waals surface area contributed by atoms with E-state index in [4.69, 9.17) is 10.3 Å². The van der Waals surface area contributed by atoms with E-state index in [1.54, 1.807) is 0 Å². The van der Waals surface area contributed by atoms with Crippen molar-refractivity contribution in [1.29, 1.82) is 0 Å². The molecule has 0 saturated carbocycles. The van der Waals surface area contributed by atoms with Crippen molar-refractivity contribution in [3.8, 4) is 5.75 Å².